The van der Waals surface area contributed by atoms with Gasteiger partial charge in [0.25, 0.3) is 0 Å². The van der Waals surface area contributed by atoms with Crippen molar-refractivity contribution in [3.05, 3.63) is 17.2 Å². The Morgan fingerprint density at radius 2 is 2.18 bits per heavy atom. The summed E-state index contributed by atoms with van der Waals surface area (Å²) < 4.78 is 26.2. The van der Waals surface area contributed by atoms with E-state index in [9.17, 15) is 13.2 Å². The maximum Gasteiger partial charge on any atom is 0.239 e. The molecule has 0 fully saturated rings. The van der Waals surface area contributed by atoms with Crippen LogP contribution in [0.3, 0.4) is 0 Å². The number of benzene rings is 1. The summed E-state index contributed by atoms with van der Waals surface area (Å²) in [7, 11) is -3.86. The monoisotopic (exact) mass is 381 g/mol. The van der Waals surface area contributed by atoms with Gasteiger partial charge in [-0.05, 0) is 37.4 Å². The van der Waals surface area contributed by atoms with Crippen LogP contribution in [0.1, 0.15) is 20.3 Å². The van der Waals surface area contributed by atoms with Gasteiger partial charge in [0.1, 0.15) is 4.90 Å². The van der Waals surface area contributed by atoms with E-state index in [1.165, 1.54) is 36.7 Å². The molecule has 1 atom stereocenters. The molecule has 122 valence electrons. The minimum atomic E-state index is -3.86. The number of hydrogen-bond acceptors (Lipinski definition) is 7. The Bertz CT molecular complexity index is 711. The Morgan fingerprint density at radius 1 is 1.50 bits per heavy atom. The van der Waals surface area contributed by atoms with E-state index in [4.69, 9.17) is 16.7 Å². The van der Waals surface area contributed by atoms with Crippen molar-refractivity contribution in [3.8, 4) is 0 Å². The van der Waals surface area contributed by atoms with Crippen LogP contribution in [0.4, 0.5) is 5.69 Å². The Morgan fingerprint density at radius 3 is 2.77 bits per heavy atom. The van der Waals surface area contributed by atoms with Crippen molar-refractivity contribution in [1.29, 1.82) is 0 Å². The molecule has 1 aromatic carbocycles. The van der Waals surface area contributed by atoms with Crippen LogP contribution >= 0.6 is 35.3 Å². The van der Waals surface area contributed by atoms with E-state index in [0.717, 1.165) is 5.69 Å². The van der Waals surface area contributed by atoms with Gasteiger partial charge in [-0.2, -0.15) is 0 Å². The Balaban J connectivity index is 2.21. The number of carbonyl (C=O) groups excluding carboxylic acids is 1. The van der Waals surface area contributed by atoms with Gasteiger partial charge >= 0.3 is 0 Å². The fourth-order valence-electron chi connectivity index (χ4n) is 1.94. The molecule has 0 aliphatic carbocycles. The molecule has 0 radical (unpaired) electrons. The minimum Gasteiger partial charge on any atom is -0.366 e. The molecule has 1 aliphatic heterocycles. The topological polar surface area (TPSA) is 101 Å². The second-order valence-electron chi connectivity index (χ2n) is 5.08. The average molecular weight is 382 g/mol. The van der Waals surface area contributed by atoms with Crippen LogP contribution in [-0.4, -0.2) is 24.9 Å². The molecule has 1 unspecified atom stereocenters. The van der Waals surface area contributed by atoms with Gasteiger partial charge in [-0.3, -0.25) is 4.79 Å². The summed E-state index contributed by atoms with van der Waals surface area (Å²) in [6.45, 7) is 3.50. The third-order valence-electron chi connectivity index (χ3n) is 3.04. The lowest BCUT2D eigenvalue weighted by atomic mass is 10.1. The zero-order valence-electron chi connectivity index (χ0n) is 12.0. The molecule has 0 spiro atoms. The molecule has 0 aromatic heterocycles. The summed E-state index contributed by atoms with van der Waals surface area (Å²) in [5, 5.41) is 8.59. The molecule has 0 bridgehead atoms. The number of hydrogen-bond donors (Lipinski definition) is 3. The largest absolute Gasteiger partial charge is 0.366 e. The first-order valence-corrected chi connectivity index (χ1v) is 10.1. The van der Waals surface area contributed by atoms with Gasteiger partial charge in [-0.25, -0.2) is 18.3 Å². The normalized spacial score (nSPS) is 21.1. The third-order valence-corrected chi connectivity index (χ3v) is 6.35. The number of primary sulfonamides is 1. The molecule has 22 heavy (non-hydrogen) atoms. The summed E-state index contributed by atoms with van der Waals surface area (Å²) in [5.41, 5.74) is 0.309. The lowest BCUT2D eigenvalue weighted by molar-refractivity contribution is -0.109. The van der Waals surface area contributed by atoms with Crippen molar-refractivity contribution < 1.29 is 13.2 Å². The molecule has 6 nitrogen and oxygen atoms in total. The van der Waals surface area contributed by atoms with E-state index in [1.807, 2.05) is 6.92 Å². The number of thioether (sulfide) groups is 1. The summed E-state index contributed by atoms with van der Waals surface area (Å²) >= 11 is 8.58. The van der Waals surface area contributed by atoms with Gasteiger partial charge in [0, 0.05) is 17.6 Å². The highest BCUT2D eigenvalue weighted by Gasteiger charge is 2.30. The molecule has 0 saturated heterocycles. The summed E-state index contributed by atoms with van der Waals surface area (Å²) in [5.74, 6) is 0.671. The predicted molar refractivity (Wildman–Crippen MR) is 91.6 cm³/mol. The standard InChI is InChI=1S/C12H16ClN3O3S3/c1-7(17)20-4-3-12(2)15-9-5-8(13)11(22(14,18)19)6-10(9)21-16-12/h5-6,15-16H,3-4H2,1-2H3,(H2,14,18,19). The molecule has 0 saturated carbocycles. The molecule has 0 amide bonds. The Labute approximate surface area is 143 Å². The number of rotatable bonds is 4. The minimum absolute atomic E-state index is 0.0771. The van der Waals surface area contributed by atoms with E-state index in [2.05, 4.69) is 10.0 Å². The maximum atomic E-state index is 11.5. The van der Waals surface area contributed by atoms with Crippen molar-refractivity contribution in [2.45, 2.75) is 35.7 Å². The van der Waals surface area contributed by atoms with E-state index >= 15 is 0 Å². The number of nitrogens with one attached hydrogen (secondary N) is 2. The summed E-state index contributed by atoms with van der Waals surface area (Å²) in [4.78, 5) is 11.6. The van der Waals surface area contributed by atoms with Crippen molar-refractivity contribution in [3.63, 3.8) is 0 Å². The molecule has 1 aliphatic rings. The highest BCUT2D eigenvalue weighted by molar-refractivity contribution is 8.13. The lowest BCUT2D eigenvalue weighted by Gasteiger charge is -2.37. The highest BCUT2D eigenvalue weighted by Crippen LogP contribution is 2.39. The van der Waals surface area contributed by atoms with Crippen molar-refractivity contribution in [2.75, 3.05) is 11.1 Å². The van der Waals surface area contributed by atoms with Crippen LogP contribution in [0.5, 0.6) is 0 Å². The quantitative estimate of drug-likeness (QED) is 0.688. The van der Waals surface area contributed by atoms with Crippen LogP contribution in [0.25, 0.3) is 0 Å². The molecule has 2 rings (SSSR count). The molecule has 4 N–H and O–H groups in total. The maximum absolute atomic E-state index is 11.5. The molecule has 1 heterocycles. The first kappa shape index (κ1) is 17.9. The average Bonchev–Trinajstić information content (AvgIpc) is 2.35. The summed E-state index contributed by atoms with van der Waals surface area (Å²) in [6, 6.07) is 3.00. The third kappa shape index (κ3) is 4.30. The number of halogens is 1. The second kappa shape index (κ2) is 6.58. The molecular weight excluding hydrogens is 366 g/mol. The van der Waals surface area contributed by atoms with Crippen LogP contribution in [0.2, 0.25) is 5.02 Å². The van der Waals surface area contributed by atoms with E-state index in [1.54, 1.807) is 6.07 Å². The Hall–Kier alpha value is -0.450. The smallest absolute Gasteiger partial charge is 0.239 e. The summed E-state index contributed by atoms with van der Waals surface area (Å²) in [6.07, 6.45) is 0.707. The van der Waals surface area contributed by atoms with Gasteiger partial charge in [0.15, 0.2) is 5.12 Å². The number of fused-ring (bicyclic) bond motifs is 1. The van der Waals surface area contributed by atoms with Gasteiger partial charge in [-0.15, -0.1) is 0 Å². The van der Waals surface area contributed by atoms with Crippen LogP contribution in [0, 0.1) is 0 Å². The van der Waals surface area contributed by atoms with Gasteiger partial charge in [-0.1, -0.05) is 23.4 Å². The zero-order chi connectivity index (χ0) is 16.5. The highest BCUT2D eigenvalue weighted by atomic mass is 35.5. The fraction of sp³-hybridized carbons (Fsp3) is 0.417. The van der Waals surface area contributed by atoms with Crippen LogP contribution in [-0.2, 0) is 14.8 Å². The fourth-order valence-corrected chi connectivity index (χ4v) is 4.79. The van der Waals surface area contributed by atoms with Gasteiger partial charge in [0.05, 0.1) is 16.4 Å². The number of nitrogens with two attached hydrogens (primary N) is 1. The SMILES string of the molecule is CC(=O)SCCC1(C)NSc2cc(S(N)(=O)=O)c(Cl)cc2N1. The number of sulfonamides is 1. The van der Waals surface area contributed by atoms with E-state index in [-0.39, 0.29) is 15.0 Å². The number of carbonyl (C=O) groups is 1. The molecule has 1 aromatic rings. The molecule has 10 heteroatoms. The van der Waals surface area contributed by atoms with Crippen LogP contribution < -0.4 is 15.2 Å². The number of anilines is 1. The second-order valence-corrected chi connectivity index (χ2v) is 9.13. The van der Waals surface area contributed by atoms with Crippen LogP contribution in [0.15, 0.2) is 21.9 Å². The predicted octanol–water partition coefficient (Wildman–Crippen LogP) is 2.40. The van der Waals surface area contributed by atoms with Gasteiger partial charge < -0.3 is 5.32 Å². The van der Waals surface area contributed by atoms with Crippen molar-refractivity contribution in [1.82, 2.24) is 4.72 Å². The Kier molecular flexibility index (Phi) is 5.35. The van der Waals surface area contributed by atoms with E-state index < -0.39 is 15.7 Å². The zero-order valence-corrected chi connectivity index (χ0v) is 15.2. The van der Waals surface area contributed by atoms with Gasteiger partial charge in [0.2, 0.25) is 10.0 Å². The molecular formula is C12H16ClN3O3S3. The first-order chi connectivity index (χ1) is 10.1. The van der Waals surface area contributed by atoms with Crippen molar-refractivity contribution >= 4 is 56.1 Å². The lowest BCUT2D eigenvalue weighted by Crippen LogP contribution is -2.48. The first-order valence-electron chi connectivity index (χ1n) is 6.33. The van der Waals surface area contributed by atoms with Crippen molar-refractivity contribution in [2.24, 2.45) is 5.14 Å². The van der Waals surface area contributed by atoms with E-state index in [0.29, 0.717) is 17.1 Å².